The summed E-state index contributed by atoms with van der Waals surface area (Å²) in [6.07, 6.45) is 13.4. The SMILES string of the molecule is C/C=C(/CC1CCCN1)C1=CCCC=C1C. The van der Waals surface area contributed by atoms with Crippen LogP contribution in [0.5, 0.6) is 0 Å². The molecule has 0 amide bonds. The number of allylic oxidation sites excluding steroid dienone is 5. The van der Waals surface area contributed by atoms with Gasteiger partial charge in [-0.2, -0.15) is 0 Å². The van der Waals surface area contributed by atoms with Crippen LogP contribution in [0.4, 0.5) is 0 Å². The van der Waals surface area contributed by atoms with Gasteiger partial charge in [-0.25, -0.2) is 0 Å². The summed E-state index contributed by atoms with van der Waals surface area (Å²) in [4.78, 5) is 0. The van der Waals surface area contributed by atoms with E-state index in [-0.39, 0.29) is 0 Å². The predicted octanol–water partition coefficient (Wildman–Crippen LogP) is 3.74. The average molecular weight is 217 g/mol. The van der Waals surface area contributed by atoms with E-state index in [1.807, 2.05) is 0 Å². The Hall–Kier alpha value is -0.820. The second-order valence-corrected chi connectivity index (χ2v) is 4.89. The quantitative estimate of drug-likeness (QED) is 0.759. The lowest BCUT2D eigenvalue weighted by Gasteiger charge is -2.19. The molecule has 1 fully saturated rings. The zero-order valence-electron chi connectivity index (χ0n) is 10.6. The van der Waals surface area contributed by atoms with Gasteiger partial charge < -0.3 is 5.32 Å². The minimum atomic E-state index is 0.710. The molecule has 0 aromatic heterocycles. The first-order valence-corrected chi connectivity index (χ1v) is 6.57. The van der Waals surface area contributed by atoms with E-state index >= 15 is 0 Å². The molecule has 1 nitrogen and oxygen atoms in total. The van der Waals surface area contributed by atoms with Gasteiger partial charge in [-0.15, -0.1) is 0 Å². The summed E-state index contributed by atoms with van der Waals surface area (Å²) in [5.74, 6) is 0. The fourth-order valence-corrected chi connectivity index (χ4v) is 2.76. The number of hydrogen-bond donors (Lipinski definition) is 1. The summed E-state index contributed by atoms with van der Waals surface area (Å²) in [6.45, 7) is 5.62. The second-order valence-electron chi connectivity index (χ2n) is 4.89. The molecule has 0 aromatic rings. The monoisotopic (exact) mass is 217 g/mol. The second kappa shape index (κ2) is 5.49. The lowest BCUT2D eigenvalue weighted by Crippen LogP contribution is -2.22. The topological polar surface area (TPSA) is 12.0 Å². The Bertz CT molecular complexity index is 327. The first-order chi connectivity index (χ1) is 7.81. The van der Waals surface area contributed by atoms with Crippen LogP contribution in [0.15, 0.2) is 34.9 Å². The highest BCUT2D eigenvalue weighted by atomic mass is 14.9. The third-order valence-corrected chi connectivity index (χ3v) is 3.71. The zero-order valence-corrected chi connectivity index (χ0v) is 10.6. The Balaban J connectivity index is 2.04. The van der Waals surface area contributed by atoms with E-state index < -0.39 is 0 Å². The third-order valence-electron chi connectivity index (χ3n) is 3.71. The molecule has 0 aromatic carbocycles. The summed E-state index contributed by atoms with van der Waals surface area (Å²) < 4.78 is 0. The molecule has 2 aliphatic rings. The standard InChI is InChI=1S/C15H23N/c1-3-13(11-14-8-6-10-16-14)15-9-5-4-7-12(15)2/h3,7,9,14,16H,4-6,8,10-11H2,1-2H3/b13-3-. The summed E-state index contributed by atoms with van der Waals surface area (Å²) in [5, 5.41) is 3.59. The molecule has 1 aliphatic carbocycles. The van der Waals surface area contributed by atoms with Crippen LogP contribution in [0.3, 0.4) is 0 Å². The van der Waals surface area contributed by atoms with E-state index in [1.54, 1.807) is 0 Å². The molecular formula is C15H23N. The minimum absolute atomic E-state index is 0.710. The lowest BCUT2D eigenvalue weighted by atomic mass is 9.89. The third kappa shape index (κ3) is 2.65. The molecule has 1 heteroatoms. The van der Waals surface area contributed by atoms with Crippen LogP contribution in [-0.4, -0.2) is 12.6 Å². The molecule has 0 spiro atoms. The molecule has 1 atom stereocenters. The van der Waals surface area contributed by atoms with Crippen molar-refractivity contribution in [1.29, 1.82) is 0 Å². The van der Waals surface area contributed by atoms with Crippen LogP contribution in [-0.2, 0) is 0 Å². The predicted molar refractivity (Wildman–Crippen MR) is 70.5 cm³/mol. The maximum atomic E-state index is 3.59. The van der Waals surface area contributed by atoms with Crippen LogP contribution in [0.25, 0.3) is 0 Å². The average Bonchev–Trinajstić information content (AvgIpc) is 2.80. The molecule has 0 radical (unpaired) electrons. The fourth-order valence-electron chi connectivity index (χ4n) is 2.76. The van der Waals surface area contributed by atoms with E-state index in [9.17, 15) is 0 Å². The van der Waals surface area contributed by atoms with E-state index in [0.717, 1.165) is 0 Å². The maximum Gasteiger partial charge on any atom is 0.0108 e. The Morgan fingerprint density at radius 1 is 1.44 bits per heavy atom. The molecule has 1 unspecified atom stereocenters. The van der Waals surface area contributed by atoms with E-state index in [2.05, 4.69) is 37.4 Å². The van der Waals surface area contributed by atoms with E-state index in [4.69, 9.17) is 0 Å². The molecule has 2 rings (SSSR count). The van der Waals surface area contributed by atoms with Gasteiger partial charge in [0, 0.05) is 6.04 Å². The fraction of sp³-hybridized carbons (Fsp3) is 0.600. The van der Waals surface area contributed by atoms with Crippen molar-refractivity contribution in [2.45, 2.75) is 52.0 Å². The highest BCUT2D eigenvalue weighted by molar-refractivity contribution is 5.47. The lowest BCUT2D eigenvalue weighted by molar-refractivity contribution is 0.602. The maximum absolute atomic E-state index is 3.59. The van der Waals surface area contributed by atoms with Gasteiger partial charge in [0.1, 0.15) is 0 Å². The van der Waals surface area contributed by atoms with Crippen molar-refractivity contribution in [2.75, 3.05) is 6.54 Å². The van der Waals surface area contributed by atoms with Gasteiger partial charge in [0.15, 0.2) is 0 Å². The number of nitrogens with one attached hydrogen (secondary N) is 1. The van der Waals surface area contributed by atoms with Crippen LogP contribution in [0, 0.1) is 0 Å². The van der Waals surface area contributed by atoms with Crippen molar-refractivity contribution in [3.8, 4) is 0 Å². The molecule has 16 heavy (non-hydrogen) atoms. The van der Waals surface area contributed by atoms with Gasteiger partial charge in [-0.05, 0) is 69.2 Å². The molecular weight excluding hydrogens is 194 g/mol. The van der Waals surface area contributed by atoms with Gasteiger partial charge in [-0.3, -0.25) is 0 Å². The normalized spacial score (nSPS) is 26.6. The highest BCUT2D eigenvalue weighted by Gasteiger charge is 2.18. The molecule has 1 heterocycles. The van der Waals surface area contributed by atoms with Crippen molar-refractivity contribution < 1.29 is 0 Å². The summed E-state index contributed by atoms with van der Waals surface area (Å²) >= 11 is 0. The Labute approximate surface area is 99.3 Å². The van der Waals surface area contributed by atoms with Gasteiger partial charge in [0.25, 0.3) is 0 Å². The summed E-state index contributed by atoms with van der Waals surface area (Å²) in [6, 6.07) is 0.710. The van der Waals surface area contributed by atoms with Crippen molar-refractivity contribution in [2.24, 2.45) is 0 Å². The van der Waals surface area contributed by atoms with Crippen molar-refractivity contribution >= 4 is 0 Å². The first-order valence-electron chi connectivity index (χ1n) is 6.57. The number of hydrogen-bond acceptors (Lipinski definition) is 1. The molecule has 1 aliphatic heterocycles. The molecule has 0 saturated carbocycles. The van der Waals surface area contributed by atoms with E-state index in [1.165, 1.54) is 55.4 Å². The van der Waals surface area contributed by atoms with Crippen molar-refractivity contribution in [3.63, 3.8) is 0 Å². The van der Waals surface area contributed by atoms with Crippen molar-refractivity contribution in [1.82, 2.24) is 5.32 Å². The molecule has 0 bridgehead atoms. The smallest absolute Gasteiger partial charge is 0.0108 e. The first kappa shape index (κ1) is 11.7. The van der Waals surface area contributed by atoms with Gasteiger partial charge in [0.2, 0.25) is 0 Å². The number of rotatable bonds is 3. The molecule has 1 saturated heterocycles. The van der Waals surface area contributed by atoms with Gasteiger partial charge >= 0.3 is 0 Å². The van der Waals surface area contributed by atoms with Gasteiger partial charge in [0.05, 0.1) is 0 Å². The Kier molecular flexibility index (Phi) is 4.00. The van der Waals surface area contributed by atoms with Crippen molar-refractivity contribution in [3.05, 3.63) is 34.9 Å². The summed E-state index contributed by atoms with van der Waals surface area (Å²) in [5.41, 5.74) is 4.51. The largest absolute Gasteiger partial charge is 0.314 e. The minimum Gasteiger partial charge on any atom is -0.314 e. The van der Waals surface area contributed by atoms with Crippen LogP contribution in [0.2, 0.25) is 0 Å². The van der Waals surface area contributed by atoms with E-state index in [0.29, 0.717) is 6.04 Å². The van der Waals surface area contributed by atoms with Crippen LogP contribution >= 0.6 is 0 Å². The molecule has 1 N–H and O–H groups in total. The highest BCUT2D eigenvalue weighted by Crippen LogP contribution is 2.29. The van der Waals surface area contributed by atoms with Gasteiger partial charge in [-0.1, -0.05) is 18.2 Å². The van der Waals surface area contributed by atoms with Crippen LogP contribution < -0.4 is 5.32 Å². The Morgan fingerprint density at radius 3 is 2.88 bits per heavy atom. The zero-order chi connectivity index (χ0) is 11.4. The summed E-state index contributed by atoms with van der Waals surface area (Å²) in [7, 11) is 0. The molecule has 88 valence electrons. The Morgan fingerprint density at radius 2 is 2.25 bits per heavy atom. The van der Waals surface area contributed by atoms with Crippen LogP contribution in [0.1, 0.15) is 46.0 Å².